The number of halogens is 1. The lowest BCUT2D eigenvalue weighted by molar-refractivity contribution is -0.145. The van der Waals surface area contributed by atoms with E-state index < -0.39 is 0 Å². The maximum absolute atomic E-state index is 11.9. The van der Waals surface area contributed by atoms with Crippen LogP contribution in [0.2, 0.25) is 5.02 Å². The van der Waals surface area contributed by atoms with Crippen LogP contribution in [-0.4, -0.2) is 43.5 Å². The third kappa shape index (κ3) is 4.72. The molecule has 1 fully saturated rings. The van der Waals surface area contributed by atoms with Gasteiger partial charge >= 0.3 is 5.97 Å². The van der Waals surface area contributed by atoms with Gasteiger partial charge in [-0.2, -0.15) is 0 Å². The summed E-state index contributed by atoms with van der Waals surface area (Å²) in [5, 5.41) is 3.54. The Morgan fingerprint density at radius 1 is 1.38 bits per heavy atom. The quantitative estimate of drug-likeness (QED) is 0.836. The number of ether oxygens (including phenoxy) is 1. The first-order valence-electron chi connectivity index (χ1n) is 6.90. The van der Waals surface area contributed by atoms with Crippen LogP contribution in [0.15, 0.2) is 24.3 Å². The molecule has 1 unspecified atom stereocenters. The number of methoxy groups -OCH3 is 1. The van der Waals surface area contributed by atoms with Crippen molar-refractivity contribution in [2.45, 2.75) is 13.0 Å². The molecule has 1 atom stereocenters. The van der Waals surface area contributed by atoms with Crippen molar-refractivity contribution in [3.05, 3.63) is 34.9 Å². The highest BCUT2D eigenvalue weighted by molar-refractivity contribution is 6.30. The molecule has 5 nitrogen and oxygen atoms in total. The molecule has 1 aliphatic heterocycles. The van der Waals surface area contributed by atoms with Crippen LogP contribution in [0.1, 0.15) is 12.0 Å². The number of rotatable bonds is 5. The van der Waals surface area contributed by atoms with Crippen LogP contribution in [0.4, 0.5) is 0 Å². The fourth-order valence-electron chi connectivity index (χ4n) is 2.40. The Labute approximate surface area is 129 Å². The largest absolute Gasteiger partial charge is 0.469 e. The molecule has 1 heterocycles. The molecule has 0 saturated carbocycles. The monoisotopic (exact) mass is 310 g/mol. The number of hydrogen-bond acceptors (Lipinski definition) is 4. The zero-order valence-electron chi connectivity index (χ0n) is 12.0. The molecule has 0 spiro atoms. The Balaban J connectivity index is 1.73. The number of likely N-dealkylation sites (tertiary alicyclic amines) is 1. The van der Waals surface area contributed by atoms with E-state index in [4.69, 9.17) is 16.3 Å². The van der Waals surface area contributed by atoms with Crippen molar-refractivity contribution in [1.82, 2.24) is 10.2 Å². The second-order valence-electron chi connectivity index (χ2n) is 5.15. The molecule has 114 valence electrons. The van der Waals surface area contributed by atoms with Crippen LogP contribution in [-0.2, 0) is 20.9 Å². The van der Waals surface area contributed by atoms with E-state index in [1.54, 1.807) is 12.1 Å². The number of carbonyl (C=O) groups is 2. The minimum absolute atomic E-state index is 0.0459. The Morgan fingerprint density at radius 3 is 2.76 bits per heavy atom. The van der Waals surface area contributed by atoms with Gasteiger partial charge in [0.05, 0.1) is 19.6 Å². The first-order valence-corrected chi connectivity index (χ1v) is 7.27. The smallest absolute Gasteiger partial charge is 0.310 e. The van der Waals surface area contributed by atoms with Gasteiger partial charge in [-0.05, 0) is 30.7 Å². The molecule has 0 radical (unpaired) electrons. The summed E-state index contributed by atoms with van der Waals surface area (Å²) in [6.45, 7) is 2.11. The SMILES string of the molecule is COC(=O)C1CCN(CC(=O)NCc2ccc(Cl)cc2)C1. The fourth-order valence-corrected chi connectivity index (χ4v) is 2.52. The van der Waals surface area contributed by atoms with Crippen molar-refractivity contribution in [3.8, 4) is 0 Å². The maximum Gasteiger partial charge on any atom is 0.310 e. The van der Waals surface area contributed by atoms with E-state index in [1.165, 1.54) is 7.11 Å². The highest BCUT2D eigenvalue weighted by Crippen LogP contribution is 2.16. The van der Waals surface area contributed by atoms with Gasteiger partial charge in [0.25, 0.3) is 0 Å². The van der Waals surface area contributed by atoms with Gasteiger partial charge in [0.2, 0.25) is 5.91 Å². The van der Waals surface area contributed by atoms with E-state index in [1.807, 2.05) is 17.0 Å². The highest BCUT2D eigenvalue weighted by Gasteiger charge is 2.29. The van der Waals surface area contributed by atoms with Crippen LogP contribution < -0.4 is 5.32 Å². The fraction of sp³-hybridized carbons (Fsp3) is 0.467. The molecule has 1 aromatic carbocycles. The Kier molecular flexibility index (Phi) is 5.59. The van der Waals surface area contributed by atoms with Crippen molar-refractivity contribution in [1.29, 1.82) is 0 Å². The average Bonchev–Trinajstić information content (AvgIpc) is 2.94. The molecule has 1 N–H and O–H groups in total. The summed E-state index contributed by atoms with van der Waals surface area (Å²) in [4.78, 5) is 25.3. The lowest BCUT2D eigenvalue weighted by atomic mass is 10.1. The number of amides is 1. The number of nitrogens with one attached hydrogen (secondary N) is 1. The molecule has 1 aliphatic rings. The number of hydrogen-bond donors (Lipinski definition) is 1. The van der Waals surface area contributed by atoms with E-state index in [2.05, 4.69) is 5.32 Å². The standard InChI is InChI=1S/C15H19ClN2O3/c1-21-15(20)12-6-7-18(9-12)10-14(19)17-8-11-2-4-13(16)5-3-11/h2-5,12H,6-10H2,1H3,(H,17,19). The van der Waals surface area contributed by atoms with E-state index >= 15 is 0 Å². The zero-order valence-corrected chi connectivity index (χ0v) is 12.7. The number of nitrogens with zero attached hydrogens (tertiary/aromatic N) is 1. The second kappa shape index (κ2) is 7.43. The lowest BCUT2D eigenvalue weighted by Crippen LogP contribution is -2.36. The summed E-state index contributed by atoms with van der Waals surface area (Å²) in [6.07, 6.45) is 0.747. The third-order valence-corrected chi connectivity index (χ3v) is 3.83. The van der Waals surface area contributed by atoms with Gasteiger partial charge in [-0.3, -0.25) is 14.5 Å². The molecule has 0 bridgehead atoms. The minimum Gasteiger partial charge on any atom is -0.469 e. The molecular formula is C15H19ClN2O3. The van der Waals surface area contributed by atoms with Gasteiger partial charge in [-0.1, -0.05) is 23.7 Å². The van der Waals surface area contributed by atoms with Crippen LogP contribution >= 0.6 is 11.6 Å². The van der Waals surface area contributed by atoms with Gasteiger partial charge in [0.15, 0.2) is 0 Å². The highest BCUT2D eigenvalue weighted by atomic mass is 35.5. The minimum atomic E-state index is -0.195. The van der Waals surface area contributed by atoms with Crippen LogP contribution in [0, 0.1) is 5.92 Å². The molecule has 1 amide bonds. The number of esters is 1. The molecule has 1 aromatic rings. The number of benzene rings is 1. The summed E-state index contributed by atoms with van der Waals surface area (Å²) in [6, 6.07) is 7.35. The number of carbonyl (C=O) groups excluding carboxylic acids is 2. The predicted octanol–water partition coefficient (Wildman–Crippen LogP) is 1.45. The molecule has 2 rings (SSSR count). The van der Waals surface area contributed by atoms with Gasteiger partial charge < -0.3 is 10.1 Å². The van der Waals surface area contributed by atoms with Crippen molar-refractivity contribution in [3.63, 3.8) is 0 Å². The van der Waals surface area contributed by atoms with E-state index in [-0.39, 0.29) is 17.8 Å². The molecule has 0 aliphatic carbocycles. The van der Waals surface area contributed by atoms with Gasteiger partial charge in [-0.25, -0.2) is 0 Å². The molecule has 1 saturated heterocycles. The normalized spacial score (nSPS) is 18.5. The van der Waals surface area contributed by atoms with E-state index in [0.29, 0.717) is 24.7 Å². The van der Waals surface area contributed by atoms with Crippen molar-refractivity contribution >= 4 is 23.5 Å². The molecule has 0 aromatic heterocycles. The summed E-state index contributed by atoms with van der Waals surface area (Å²) in [7, 11) is 1.39. The molecule has 6 heteroatoms. The second-order valence-corrected chi connectivity index (χ2v) is 5.58. The van der Waals surface area contributed by atoms with Gasteiger partial charge in [-0.15, -0.1) is 0 Å². The first-order chi connectivity index (χ1) is 10.1. The van der Waals surface area contributed by atoms with Crippen molar-refractivity contribution < 1.29 is 14.3 Å². The summed E-state index contributed by atoms with van der Waals surface area (Å²) in [5.41, 5.74) is 1.00. The summed E-state index contributed by atoms with van der Waals surface area (Å²) < 4.78 is 4.73. The van der Waals surface area contributed by atoms with Crippen LogP contribution in [0.25, 0.3) is 0 Å². The Morgan fingerprint density at radius 2 is 2.10 bits per heavy atom. The summed E-state index contributed by atoms with van der Waals surface area (Å²) in [5.74, 6) is -0.353. The lowest BCUT2D eigenvalue weighted by Gasteiger charge is -2.15. The molecular weight excluding hydrogens is 292 g/mol. The van der Waals surface area contributed by atoms with Crippen molar-refractivity contribution in [2.75, 3.05) is 26.7 Å². The Bertz CT molecular complexity index is 504. The van der Waals surface area contributed by atoms with E-state index in [0.717, 1.165) is 18.5 Å². The Hall–Kier alpha value is -1.59. The van der Waals surface area contributed by atoms with Crippen molar-refractivity contribution in [2.24, 2.45) is 5.92 Å². The van der Waals surface area contributed by atoms with Crippen LogP contribution in [0.5, 0.6) is 0 Å². The van der Waals surface area contributed by atoms with Crippen LogP contribution in [0.3, 0.4) is 0 Å². The van der Waals surface area contributed by atoms with Gasteiger partial charge in [0.1, 0.15) is 0 Å². The molecule has 21 heavy (non-hydrogen) atoms. The predicted molar refractivity (Wildman–Crippen MR) is 79.9 cm³/mol. The zero-order chi connectivity index (χ0) is 15.2. The average molecular weight is 311 g/mol. The topological polar surface area (TPSA) is 58.6 Å². The maximum atomic E-state index is 11.9. The summed E-state index contributed by atoms with van der Waals surface area (Å²) >= 11 is 5.81. The van der Waals surface area contributed by atoms with Gasteiger partial charge in [0, 0.05) is 18.1 Å². The van der Waals surface area contributed by atoms with E-state index in [9.17, 15) is 9.59 Å². The first kappa shape index (κ1) is 15.8. The third-order valence-electron chi connectivity index (χ3n) is 3.58.